The van der Waals surface area contributed by atoms with Crippen LogP contribution in [0.25, 0.3) is 0 Å². The summed E-state index contributed by atoms with van der Waals surface area (Å²) in [4.78, 5) is 21.5. The summed E-state index contributed by atoms with van der Waals surface area (Å²) < 4.78 is 40.4. The van der Waals surface area contributed by atoms with Gasteiger partial charge in [0.05, 0.1) is 38.6 Å². The molecule has 4 unspecified atom stereocenters. The summed E-state index contributed by atoms with van der Waals surface area (Å²) in [5.41, 5.74) is 0. The van der Waals surface area contributed by atoms with E-state index in [1.54, 1.807) is 0 Å². The fourth-order valence-corrected chi connectivity index (χ4v) is 1.93. The minimum absolute atomic E-state index is 0.200. The number of ether oxygens (including phenoxy) is 6. The average Bonchev–Trinajstić information content (AvgIpc) is 3.19. The largest absolute Gasteiger partial charge is 0.508 e. The molecule has 0 aliphatic carbocycles. The van der Waals surface area contributed by atoms with Crippen LogP contribution < -0.4 is 0 Å². The molecule has 0 spiro atoms. The lowest BCUT2D eigenvalue weighted by Crippen LogP contribution is -2.27. The van der Waals surface area contributed by atoms with E-state index < -0.39 is 12.3 Å². The third kappa shape index (κ3) is 7.91. The smallest absolute Gasteiger partial charge is 0.430 e. The Hall–Kier alpha value is -1.56. The highest BCUT2D eigenvalue weighted by atomic mass is 16.8. The Morgan fingerprint density at radius 3 is 1.72 bits per heavy atom. The lowest BCUT2D eigenvalue weighted by atomic mass is 10.3. The molecule has 0 saturated carbocycles. The van der Waals surface area contributed by atoms with Crippen LogP contribution in [0, 0.1) is 0 Å². The highest BCUT2D eigenvalue weighted by Crippen LogP contribution is 2.08. The highest BCUT2D eigenvalue weighted by Gasteiger charge is 2.26. The second-order valence-corrected chi connectivity index (χ2v) is 5.65. The molecule has 0 aromatic carbocycles. The Labute approximate surface area is 146 Å². The van der Waals surface area contributed by atoms with Crippen LogP contribution in [0.5, 0.6) is 0 Å². The standard InChI is InChI=1S/C14H22BO10/c1-9(18-5-11-7-20-13(16)24-11)3-22-15-23-4-10(2)19-6-12-8-21-14(17)25-12/h9-12H,3-8H2,1-2H3. The number of carbonyl (C=O) groups is 2. The first-order chi connectivity index (χ1) is 12.0. The number of hydrogen-bond acceptors (Lipinski definition) is 10. The van der Waals surface area contributed by atoms with E-state index in [-0.39, 0.29) is 64.1 Å². The third-order valence-electron chi connectivity index (χ3n) is 3.23. The summed E-state index contributed by atoms with van der Waals surface area (Å²) in [7, 11) is 1.22. The van der Waals surface area contributed by atoms with Gasteiger partial charge in [-0.15, -0.1) is 0 Å². The molecule has 2 saturated heterocycles. The zero-order valence-electron chi connectivity index (χ0n) is 14.2. The van der Waals surface area contributed by atoms with Crippen LogP contribution in [0.2, 0.25) is 0 Å². The zero-order chi connectivity index (χ0) is 18.1. The van der Waals surface area contributed by atoms with Crippen molar-refractivity contribution < 1.29 is 47.3 Å². The lowest BCUT2D eigenvalue weighted by Gasteiger charge is -2.16. The van der Waals surface area contributed by atoms with E-state index in [2.05, 4.69) is 9.47 Å². The molecule has 0 N–H and O–H groups in total. The molecule has 0 amide bonds. The molecule has 1 radical (unpaired) electrons. The SMILES string of the molecule is CC(CO[B]OCC(C)OCC1COC(=O)O1)OCC1COC(=O)O1. The molecule has 141 valence electrons. The topological polar surface area (TPSA) is 108 Å². The first-order valence-electron chi connectivity index (χ1n) is 7.98. The first kappa shape index (κ1) is 19.8. The minimum atomic E-state index is -0.672. The quantitative estimate of drug-likeness (QED) is 0.276. The van der Waals surface area contributed by atoms with Crippen molar-refractivity contribution in [1.82, 2.24) is 0 Å². The highest BCUT2D eigenvalue weighted by molar-refractivity contribution is 6.17. The Bertz CT molecular complexity index is 396. The fourth-order valence-electron chi connectivity index (χ4n) is 1.93. The second-order valence-electron chi connectivity index (χ2n) is 5.65. The summed E-state index contributed by atoms with van der Waals surface area (Å²) in [5.74, 6) is 0. The van der Waals surface area contributed by atoms with Crippen LogP contribution in [0.15, 0.2) is 0 Å². The van der Waals surface area contributed by atoms with Crippen LogP contribution in [-0.2, 0) is 37.7 Å². The molecule has 0 aromatic heterocycles. The van der Waals surface area contributed by atoms with E-state index in [0.717, 1.165) is 0 Å². The van der Waals surface area contributed by atoms with Gasteiger partial charge < -0.3 is 37.7 Å². The maximum Gasteiger partial charge on any atom is 0.508 e. The fraction of sp³-hybridized carbons (Fsp3) is 0.857. The van der Waals surface area contributed by atoms with E-state index in [9.17, 15) is 9.59 Å². The summed E-state index contributed by atoms with van der Waals surface area (Å²) in [6, 6.07) is 0. The van der Waals surface area contributed by atoms with E-state index in [0.29, 0.717) is 0 Å². The van der Waals surface area contributed by atoms with Crippen molar-refractivity contribution in [2.75, 3.05) is 39.6 Å². The van der Waals surface area contributed by atoms with Gasteiger partial charge in [-0.25, -0.2) is 9.59 Å². The molecule has 25 heavy (non-hydrogen) atoms. The van der Waals surface area contributed by atoms with Crippen LogP contribution in [0.4, 0.5) is 9.59 Å². The molecule has 4 atom stereocenters. The maximum atomic E-state index is 10.7. The van der Waals surface area contributed by atoms with E-state index >= 15 is 0 Å². The summed E-state index contributed by atoms with van der Waals surface area (Å²) in [6.07, 6.45) is -2.51. The molecule has 0 aromatic rings. The number of rotatable bonds is 12. The average molecular weight is 361 g/mol. The van der Waals surface area contributed by atoms with Crippen molar-refractivity contribution in [1.29, 1.82) is 0 Å². The summed E-state index contributed by atoms with van der Waals surface area (Å²) in [6.45, 7) is 5.11. The molecule has 2 aliphatic rings. The van der Waals surface area contributed by atoms with Gasteiger partial charge in [-0.3, -0.25) is 0 Å². The molecule has 2 aliphatic heterocycles. The lowest BCUT2D eigenvalue weighted by molar-refractivity contribution is -0.0233. The van der Waals surface area contributed by atoms with Crippen molar-refractivity contribution in [3.8, 4) is 0 Å². The van der Waals surface area contributed by atoms with Crippen LogP contribution >= 0.6 is 0 Å². The van der Waals surface area contributed by atoms with Crippen LogP contribution in [0.3, 0.4) is 0 Å². The molecule has 10 nitrogen and oxygen atoms in total. The number of cyclic esters (lactones) is 4. The molecular weight excluding hydrogens is 339 g/mol. The Morgan fingerprint density at radius 1 is 0.920 bits per heavy atom. The molecule has 2 rings (SSSR count). The molecular formula is C14H22BO10. The van der Waals surface area contributed by atoms with Crippen LogP contribution in [-0.4, -0.2) is 84.1 Å². The van der Waals surface area contributed by atoms with E-state index in [4.69, 9.17) is 28.3 Å². The van der Waals surface area contributed by atoms with Crippen molar-refractivity contribution in [2.24, 2.45) is 0 Å². The summed E-state index contributed by atoms with van der Waals surface area (Å²) in [5, 5.41) is 0. The molecule has 2 heterocycles. The van der Waals surface area contributed by atoms with Crippen molar-refractivity contribution in [3.05, 3.63) is 0 Å². The maximum absolute atomic E-state index is 10.7. The Kier molecular flexibility index (Phi) is 8.25. The Balaban J connectivity index is 1.40. The van der Waals surface area contributed by atoms with Gasteiger partial charge in [0, 0.05) is 0 Å². The minimum Gasteiger partial charge on any atom is -0.430 e. The third-order valence-corrected chi connectivity index (χ3v) is 3.23. The van der Waals surface area contributed by atoms with Gasteiger partial charge in [0.1, 0.15) is 13.2 Å². The van der Waals surface area contributed by atoms with Crippen molar-refractivity contribution >= 4 is 20.0 Å². The zero-order valence-corrected chi connectivity index (χ0v) is 14.2. The van der Waals surface area contributed by atoms with Gasteiger partial charge in [-0.1, -0.05) is 0 Å². The molecule has 2 fully saturated rings. The van der Waals surface area contributed by atoms with Gasteiger partial charge in [0.25, 0.3) is 0 Å². The monoisotopic (exact) mass is 361 g/mol. The normalized spacial score (nSPS) is 24.9. The van der Waals surface area contributed by atoms with Gasteiger partial charge in [0.2, 0.25) is 0 Å². The molecule has 11 heteroatoms. The van der Waals surface area contributed by atoms with Crippen molar-refractivity contribution in [2.45, 2.75) is 38.3 Å². The van der Waals surface area contributed by atoms with E-state index in [1.165, 1.54) is 7.69 Å². The second kappa shape index (κ2) is 10.4. The van der Waals surface area contributed by atoms with Gasteiger partial charge in [-0.05, 0) is 13.8 Å². The van der Waals surface area contributed by atoms with Gasteiger partial charge in [0.15, 0.2) is 12.2 Å². The Morgan fingerprint density at radius 2 is 1.36 bits per heavy atom. The van der Waals surface area contributed by atoms with Gasteiger partial charge >= 0.3 is 20.0 Å². The number of carbonyl (C=O) groups excluding carboxylic acids is 2. The van der Waals surface area contributed by atoms with Crippen molar-refractivity contribution in [3.63, 3.8) is 0 Å². The predicted octanol–water partition coefficient (Wildman–Crippen LogP) is 0.435. The summed E-state index contributed by atoms with van der Waals surface area (Å²) >= 11 is 0. The molecule has 0 bridgehead atoms. The van der Waals surface area contributed by atoms with E-state index in [1.807, 2.05) is 13.8 Å². The number of hydrogen-bond donors (Lipinski definition) is 0. The first-order valence-corrected chi connectivity index (χ1v) is 7.98. The van der Waals surface area contributed by atoms with Gasteiger partial charge in [-0.2, -0.15) is 0 Å². The predicted molar refractivity (Wildman–Crippen MR) is 80.9 cm³/mol. The van der Waals surface area contributed by atoms with Crippen LogP contribution in [0.1, 0.15) is 13.8 Å².